The van der Waals surface area contributed by atoms with Crippen molar-refractivity contribution in [2.24, 2.45) is 0 Å². The van der Waals surface area contributed by atoms with E-state index in [2.05, 4.69) is 25.1 Å². The van der Waals surface area contributed by atoms with E-state index in [0.29, 0.717) is 5.92 Å². The van der Waals surface area contributed by atoms with Gasteiger partial charge in [0.25, 0.3) is 0 Å². The van der Waals surface area contributed by atoms with Crippen LogP contribution in [0.2, 0.25) is 0 Å². The molecule has 0 saturated heterocycles. The van der Waals surface area contributed by atoms with E-state index in [1.54, 1.807) is 0 Å². The van der Waals surface area contributed by atoms with Crippen molar-refractivity contribution in [1.82, 2.24) is 0 Å². The van der Waals surface area contributed by atoms with Crippen LogP contribution in [0.4, 0.5) is 0 Å². The molecule has 0 bridgehead atoms. The third-order valence-electron chi connectivity index (χ3n) is 4.91. The van der Waals surface area contributed by atoms with E-state index in [4.69, 9.17) is 0 Å². The van der Waals surface area contributed by atoms with Crippen LogP contribution in [0.3, 0.4) is 0 Å². The van der Waals surface area contributed by atoms with Crippen molar-refractivity contribution in [2.45, 2.75) is 83.5 Å². The second-order valence-electron chi connectivity index (χ2n) is 6.48. The lowest BCUT2D eigenvalue weighted by molar-refractivity contribution is 0.441. The fourth-order valence-electron chi connectivity index (χ4n) is 3.69. The Morgan fingerprint density at radius 3 is 2.52 bits per heavy atom. The van der Waals surface area contributed by atoms with Crippen LogP contribution in [0.25, 0.3) is 0 Å². The molecule has 0 aromatic heterocycles. The molecule has 1 aromatic carbocycles. The summed E-state index contributed by atoms with van der Waals surface area (Å²) in [7, 11) is 0. The Labute approximate surface area is 130 Å². The highest BCUT2D eigenvalue weighted by Gasteiger charge is 2.19. The van der Waals surface area contributed by atoms with Crippen LogP contribution in [0.5, 0.6) is 0 Å². The lowest BCUT2D eigenvalue weighted by atomic mass is 9.80. The van der Waals surface area contributed by atoms with Crippen LogP contribution in [0, 0.1) is 11.3 Å². The molecule has 0 atom stereocenters. The third-order valence-corrected chi connectivity index (χ3v) is 4.91. The Morgan fingerprint density at radius 1 is 1.05 bits per heavy atom. The van der Waals surface area contributed by atoms with Crippen LogP contribution in [0.1, 0.15) is 93.7 Å². The van der Waals surface area contributed by atoms with Crippen molar-refractivity contribution in [2.75, 3.05) is 0 Å². The van der Waals surface area contributed by atoms with Gasteiger partial charge in [-0.2, -0.15) is 5.26 Å². The molecule has 0 amide bonds. The third kappa shape index (κ3) is 4.60. The Morgan fingerprint density at radius 2 is 1.81 bits per heavy atom. The van der Waals surface area contributed by atoms with Crippen molar-refractivity contribution in [3.63, 3.8) is 0 Å². The van der Waals surface area contributed by atoms with Gasteiger partial charge in [0.1, 0.15) is 0 Å². The highest BCUT2D eigenvalue weighted by atomic mass is 14.3. The normalized spacial score (nSPS) is 15.8. The molecule has 0 aliphatic heterocycles. The summed E-state index contributed by atoms with van der Waals surface area (Å²) in [5.74, 6) is 0.706. The van der Waals surface area contributed by atoms with Crippen LogP contribution in [0.15, 0.2) is 18.2 Å². The molecule has 0 unspecified atom stereocenters. The molecular formula is C20H29N. The van der Waals surface area contributed by atoms with Crippen LogP contribution in [-0.2, 0) is 6.42 Å². The SMILES string of the molecule is CCCCCCCc1c(C#N)cccc1C1CCCCC1. The smallest absolute Gasteiger partial charge is 0.0994 e. The lowest BCUT2D eigenvalue weighted by Gasteiger charge is -2.25. The van der Waals surface area contributed by atoms with Gasteiger partial charge < -0.3 is 0 Å². The van der Waals surface area contributed by atoms with Crippen molar-refractivity contribution in [1.29, 1.82) is 5.26 Å². The van der Waals surface area contributed by atoms with E-state index in [1.165, 1.54) is 75.3 Å². The van der Waals surface area contributed by atoms with E-state index in [9.17, 15) is 5.26 Å². The Kier molecular flexibility index (Phi) is 6.80. The summed E-state index contributed by atoms with van der Waals surface area (Å²) < 4.78 is 0. The van der Waals surface area contributed by atoms with Crippen LogP contribution in [-0.4, -0.2) is 0 Å². The minimum atomic E-state index is 0.706. The van der Waals surface area contributed by atoms with Gasteiger partial charge in [0, 0.05) is 0 Å². The molecule has 114 valence electrons. The number of nitriles is 1. The molecule has 0 spiro atoms. The van der Waals surface area contributed by atoms with Gasteiger partial charge in [0.15, 0.2) is 0 Å². The maximum atomic E-state index is 9.43. The van der Waals surface area contributed by atoms with E-state index in [0.717, 1.165) is 12.0 Å². The number of hydrogen-bond acceptors (Lipinski definition) is 1. The van der Waals surface area contributed by atoms with Gasteiger partial charge in [0.05, 0.1) is 11.6 Å². The average Bonchev–Trinajstić information content (AvgIpc) is 2.55. The van der Waals surface area contributed by atoms with Crippen molar-refractivity contribution in [3.8, 4) is 6.07 Å². The quantitative estimate of drug-likeness (QED) is 0.553. The summed E-state index contributed by atoms with van der Waals surface area (Å²) in [5.41, 5.74) is 3.78. The van der Waals surface area contributed by atoms with Crippen molar-refractivity contribution >= 4 is 0 Å². The highest BCUT2D eigenvalue weighted by Crippen LogP contribution is 2.35. The van der Waals surface area contributed by atoms with Gasteiger partial charge in [-0.3, -0.25) is 0 Å². The molecule has 1 aliphatic rings. The molecule has 21 heavy (non-hydrogen) atoms. The number of benzene rings is 1. The molecule has 1 nitrogen and oxygen atoms in total. The van der Waals surface area contributed by atoms with Gasteiger partial charge >= 0.3 is 0 Å². The topological polar surface area (TPSA) is 23.8 Å². The predicted molar refractivity (Wildman–Crippen MR) is 89.4 cm³/mol. The summed E-state index contributed by atoms with van der Waals surface area (Å²) in [4.78, 5) is 0. The molecule has 0 N–H and O–H groups in total. The first-order chi connectivity index (χ1) is 10.4. The molecule has 2 rings (SSSR count). The maximum Gasteiger partial charge on any atom is 0.0994 e. The fourth-order valence-corrected chi connectivity index (χ4v) is 3.69. The van der Waals surface area contributed by atoms with Crippen LogP contribution < -0.4 is 0 Å². The van der Waals surface area contributed by atoms with Gasteiger partial charge in [-0.25, -0.2) is 0 Å². The summed E-state index contributed by atoms with van der Waals surface area (Å²) >= 11 is 0. The molecule has 1 saturated carbocycles. The average molecular weight is 283 g/mol. The second kappa shape index (κ2) is 8.88. The monoisotopic (exact) mass is 283 g/mol. The fraction of sp³-hybridized carbons (Fsp3) is 0.650. The number of nitrogens with zero attached hydrogens (tertiary/aromatic N) is 1. The zero-order valence-electron chi connectivity index (χ0n) is 13.5. The van der Waals surface area contributed by atoms with Crippen LogP contribution >= 0.6 is 0 Å². The lowest BCUT2D eigenvalue weighted by Crippen LogP contribution is -2.09. The molecular weight excluding hydrogens is 254 g/mol. The highest BCUT2D eigenvalue weighted by molar-refractivity contribution is 5.44. The second-order valence-corrected chi connectivity index (χ2v) is 6.48. The van der Waals surface area contributed by atoms with Gasteiger partial charge in [-0.05, 0) is 48.8 Å². The van der Waals surface area contributed by atoms with E-state index >= 15 is 0 Å². The molecule has 1 fully saturated rings. The number of unbranched alkanes of at least 4 members (excludes halogenated alkanes) is 4. The summed E-state index contributed by atoms with van der Waals surface area (Å²) in [5, 5.41) is 9.43. The van der Waals surface area contributed by atoms with Gasteiger partial charge in [-0.15, -0.1) is 0 Å². The zero-order valence-corrected chi connectivity index (χ0v) is 13.5. The van der Waals surface area contributed by atoms with Crippen molar-refractivity contribution < 1.29 is 0 Å². The predicted octanol–water partition coefficient (Wildman–Crippen LogP) is 6.12. The number of rotatable bonds is 7. The molecule has 1 heteroatoms. The minimum absolute atomic E-state index is 0.706. The molecule has 0 radical (unpaired) electrons. The Hall–Kier alpha value is -1.29. The van der Waals surface area contributed by atoms with E-state index in [1.807, 2.05) is 6.07 Å². The Bertz CT molecular complexity index is 463. The minimum Gasteiger partial charge on any atom is -0.192 e. The van der Waals surface area contributed by atoms with Gasteiger partial charge in [0.2, 0.25) is 0 Å². The first kappa shape index (κ1) is 16.1. The molecule has 1 aliphatic carbocycles. The van der Waals surface area contributed by atoms with Gasteiger partial charge in [-0.1, -0.05) is 64.0 Å². The largest absolute Gasteiger partial charge is 0.192 e. The maximum absolute atomic E-state index is 9.43. The molecule has 1 aromatic rings. The summed E-state index contributed by atoms with van der Waals surface area (Å²) in [6.07, 6.45) is 14.3. The van der Waals surface area contributed by atoms with E-state index < -0.39 is 0 Å². The Balaban J connectivity index is 2.07. The number of hydrogen-bond donors (Lipinski definition) is 0. The summed E-state index contributed by atoms with van der Waals surface area (Å²) in [6, 6.07) is 8.81. The first-order valence-electron chi connectivity index (χ1n) is 8.88. The van der Waals surface area contributed by atoms with E-state index in [-0.39, 0.29) is 0 Å². The zero-order chi connectivity index (χ0) is 14.9. The molecule has 0 heterocycles. The first-order valence-corrected chi connectivity index (χ1v) is 8.88. The standard InChI is InChI=1S/C20H29N/c1-2-3-4-5-9-14-20-18(16-21)13-10-15-19(20)17-11-7-6-8-12-17/h10,13,15,17H,2-9,11-12,14H2,1H3. The summed E-state index contributed by atoms with van der Waals surface area (Å²) in [6.45, 7) is 2.26. The van der Waals surface area contributed by atoms with Crippen molar-refractivity contribution in [3.05, 3.63) is 34.9 Å².